The molecule has 1 aromatic carbocycles. The Morgan fingerprint density at radius 1 is 1.21 bits per heavy atom. The van der Waals surface area contributed by atoms with Crippen molar-refractivity contribution in [1.29, 1.82) is 0 Å². The lowest BCUT2D eigenvalue weighted by Crippen LogP contribution is -2.36. The molecular formula is C15H21Cl2NO. The molecule has 0 amide bonds. The minimum absolute atomic E-state index is 0.361. The molecule has 2 nitrogen and oxygen atoms in total. The van der Waals surface area contributed by atoms with Gasteiger partial charge in [0.15, 0.2) is 0 Å². The fourth-order valence-electron chi connectivity index (χ4n) is 2.77. The van der Waals surface area contributed by atoms with Crippen LogP contribution in [0.25, 0.3) is 0 Å². The number of methoxy groups -OCH3 is 1. The number of nitrogens with zero attached hydrogens (tertiary/aromatic N) is 1. The molecule has 19 heavy (non-hydrogen) atoms. The summed E-state index contributed by atoms with van der Waals surface area (Å²) in [4.78, 5) is 2.49. The minimum atomic E-state index is 0.361. The highest BCUT2D eigenvalue weighted by molar-refractivity contribution is 6.34. The van der Waals surface area contributed by atoms with Crippen molar-refractivity contribution in [2.45, 2.75) is 25.8 Å². The lowest BCUT2D eigenvalue weighted by Gasteiger charge is -2.36. The molecule has 1 saturated heterocycles. The van der Waals surface area contributed by atoms with Gasteiger partial charge in [-0.1, -0.05) is 23.2 Å². The third-order valence-corrected chi connectivity index (χ3v) is 4.40. The molecule has 4 heteroatoms. The summed E-state index contributed by atoms with van der Waals surface area (Å²) in [6.45, 7) is 5.32. The number of hydrogen-bond acceptors (Lipinski definition) is 2. The fourth-order valence-corrected chi connectivity index (χ4v) is 3.31. The zero-order valence-corrected chi connectivity index (χ0v) is 13.0. The average Bonchev–Trinajstić information content (AvgIpc) is 2.38. The first-order chi connectivity index (χ1) is 9.10. The molecule has 1 atom stereocenters. The van der Waals surface area contributed by atoms with E-state index in [1.54, 1.807) is 13.2 Å². The predicted octanol–water partition coefficient (Wildman–Crippen LogP) is 4.41. The molecule has 1 aliphatic rings. The van der Waals surface area contributed by atoms with Gasteiger partial charge in [-0.2, -0.15) is 0 Å². The molecule has 0 saturated carbocycles. The number of likely N-dealkylation sites (tertiary alicyclic amines) is 1. The van der Waals surface area contributed by atoms with E-state index >= 15 is 0 Å². The van der Waals surface area contributed by atoms with Gasteiger partial charge < -0.3 is 4.74 Å². The fraction of sp³-hybridized carbons (Fsp3) is 0.600. The van der Waals surface area contributed by atoms with Crippen LogP contribution in [0.15, 0.2) is 18.2 Å². The Kier molecular flexibility index (Phi) is 5.52. The molecule has 0 spiro atoms. The topological polar surface area (TPSA) is 12.5 Å². The molecule has 1 aromatic rings. The van der Waals surface area contributed by atoms with Crippen LogP contribution >= 0.6 is 23.2 Å². The summed E-state index contributed by atoms with van der Waals surface area (Å²) in [5, 5.41) is 1.42. The summed E-state index contributed by atoms with van der Waals surface area (Å²) in [5.74, 6) is 0.705. The molecule has 0 aromatic heterocycles. The zero-order valence-electron chi connectivity index (χ0n) is 11.5. The van der Waals surface area contributed by atoms with Crippen molar-refractivity contribution in [1.82, 2.24) is 4.90 Å². The second-order valence-corrected chi connectivity index (χ2v) is 6.19. The van der Waals surface area contributed by atoms with Crippen molar-refractivity contribution in [3.63, 3.8) is 0 Å². The van der Waals surface area contributed by atoms with E-state index in [-0.39, 0.29) is 0 Å². The summed E-state index contributed by atoms with van der Waals surface area (Å²) in [7, 11) is 1.78. The summed E-state index contributed by atoms with van der Waals surface area (Å²) >= 11 is 12.2. The Labute approximate surface area is 125 Å². The van der Waals surface area contributed by atoms with Crippen molar-refractivity contribution in [3.05, 3.63) is 33.8 Å². The molecule has 1 fully saturated rings. The molecule has 0 unspecified atom stereocenters. The van der Waals surface area contributed by atoms with Crippen LogP contribution in [0.3, 0.4) is 0 Å². The largest absolute Gasteiger partial charge is 0.384 e. The van der Waals surface area contributed by atoms with E-state index in [0.717, 1.165) is 19.7 Å². The first-order valence-electron chi connectivity index (χ1n) is 6.79. The van der Waals surface area contributed by atoms with E-state index in [9.17, 15) is 0 Å². The smallest absolute Gasteiger partial charge is 0.0491 e. The van der Waals surface area contributed by atoms with Crippen molar-refractivity contribution in [2.24, 2.45) is 5.92 Å². The van der Waals surface area contributed by atoms with Crippen molar-refractivity contribution in [3.8, 4) is 0 Å². The molecule has 0 bridgehead atoms. The second-order valence-electron chi connectivity index (χ2n) is 5.31. The van der Waals surface area contributed by atoms with Gasteiger partial charge in [0.2, 0.25) is 0 Å². The molecular weight excluding hydrogens is 281 g/mol. The van der Waals surface area contributed by atoms with Crippen LogP contribution < -0.4 is 0 Å². The summed E-state index contributed by atoms with van der Waals surface area (Å²) in [6, 6.07) is 6.17. The Balaban J connectivity index is 1.98. The van der Waals surface area contributed by atoms with Gasteiger partial charge in [0, 0.05) is 29.8 Å². The SMILES string of the molecule is COCC1CCN([C@@H](C)c2cc(Cl)cc(Cl)c2)CC1. The van der Waals surface area contributed by atoms with E-state index in [4.69, 9.17) is 27.9 Å². The molecule has 2 rings (SSSR count). The number of ether oxygens (including phenoxy) is 1. The van der Waals surface area contributed by atoms with Gasteiger partial charge in [0.05, 0.1) is 0 Å². The third-order valence-electron chi connectivity index (χ3n) is 3.97. The van der Waals surface area contributed by atoms with E-state index in [1.807, 2.05) is 12.1 Å². The number of rotatable bonds is 4. The van der Waals surface area contributed by atoms with Crippen molar-refractivity contribution < 1.29 is 4.74 Å². The normalized spacial score (nSPS) is 19.6. The van der Waals surface area contributed by atoms with Gasteiger partial charge in [-0.3, -0.25) is 4.90 Å². The Morgan fingerprint density at radius 3 is 2.32 bits per heavy atom. The first-order valence-corrected chi connectivity index (χ1v) is 7.54. The van der Waals surface area contributed by atoms with E-state index < -0.39 is 0 Å². The van der Waals surface area contributed by atoms with Gasteiger partial charge >= 0.3 is 0 Å². The minimum Gasteiger partial charge on any atom is -0.384 e. The highest BCUT2D eigenvalue weighted by Gasteiger charge is 2.23. The number of piperidine rings is 1. The Bertz CT molecular complexity index is 396. The average molecular weight is 302 g/mol. The Hall–Kier alpha value is -0.280. The highest BCUT2D eigenvalue weighted by atomic mass is 35.5. The van der Waals surface area contributed by atoms with Crippen LogP contribution in [-0.4, -0.2) is 31.7 Å². The Morgan fingerprint density at radius 2 is 1.79 bits per heavy atom. The summed E-state index contributed by atoms with van der Waals surface area (Å²) < 4.78 is 5.24. The monoisotopic (exact) mass is 301 g/mol. The van der Waals surface area contributed by atoms with Crippen LogP contribution in [0.5, 0.6) is 0 Å². The molecule has 0 aliphatic carbocycles. The number of hydrogen-bond donors (Lipinski definition) is 0. The maximum atomic E-state index is 6.08. The zero-order chi connectivity index (χ0) is 13.8. The molecule has 1 heterocycles. The predicted molar refractivity (Wildman–Crippen MR) is 81.1 cm³/mol. The van der Waals surface area contributed by atoms with Gasteiger partial charge in [0.25, 0.3) is 0 Å². The van der Waals surface area contributed by atoms with Crippen LogP contribution in [0, 0.1) is 5.92 Å². The highest BCUT2D eigenvalue weighted by Crippen LogP contribution is 2.30. The third kappa shape index (κ3) is 4.09. The molecule has 106 valence electrons. The van der Waals surface area contributed by atoms with Crippen LogP contribution in [0.4, 0.5) is 0 Å². The number of benzene rings is 1. The summed E-state index contributed by atoms with van der Waals surface area (Å²) in [6.07, 6.45) is 2.40. The lowest BCUT2D eigenvalue weighted by molar-refractivity contribution is 0.0833. The van der Waals surface area contributed by atoms with Gasteiger partial charge in [-0.15, -0.1) is 0 Å². The first kappa shape index (κ1) is 15.1. The van der Waals surface area contributed by atoms with Gasteiger partial charge in [-0.25, -0.2) is 0 Å². The van der Waals surface area contributed by atoms with Crippen molar-refractivity contribution in [2.75, 3.05) is 26.8 Å². The maximum absolute atomic E-state index is 6.08. The molecule has 0 N–H and O–H groups in total. The van der Waals surface area contributed by atoms with E-state index in [0.29, 0.717) is 22.0 Å². The van der Waals surface area contributed by atoms with Gasteiger partial charge in [0.1, 0.15) is 0 Å². The lowest BCUT2D eigenvalue weighted by atomic mass is 9.95. The van der Waals surface area contributed by atoms with Crippen LogP contribution in [0.1, 0.15) is 31.4 Å². The van der Waals surface area contributed by atoms with Crippen molar-refractivity contribution >= 4 is 23.2 Å². The van der Waals surface area contributed by atoms with Crippen LogP contribution in [0.2, 0.25) is 10.0 Å². The maximum Gasteiger partial charge on any atom is 0.0491 e. The second kappa shape index (κ2) is 6.94. The quantitative estimate of drug-likeness (QED) is 0.816. The summed E-state index contributed by atoms with van der Waals surface area (Å²) in [5.41, 5.74) is 1.20. The van der Waals surface area contributed by atoms with E-state index in [2.05, 4.69) is 11.8 Å². The standard InChI is InChI=1S/C15H21Cl2NO/c1-11(13-7-14(16)9-15(17)8-13)18-5-3-12(4-6-18)10-19-2/h7-9,11-12H,3-6,10H2,1-2H3/t11-/m0/s1. The van der Waals surface area contributed by atoms with Crippen LogP contribution in [-0.2, 0) is 4.74 Å². The molecule has 0 radical (unpaired) electrons. The molecule has 1 aliphatic heterocycles. The van der Waals surface area contributed by atoms with Gasteiger partial charge in [-0.05, 0) is 62.5 Å². The number of halogens is 2. The van der Waals surface area contributed by atoms with E-state index in [1.165, 1.54) is 18.4 Å².